The molecular formula is C11H14O4. The van der Waals surface area contributed by atoms with Gasteiger partial charge in [0.2, 0.25) is 0 Å². The Morgan fingerprint density at radius 3 is 1.33 bits per heavy atom. The maximum Gasteiger partial charge on any atom is 0.308 e. The van der Waals surface area contributed by atoms with Crippen LogP contribution in [0.1, 0.15) is 20.8 Å². The highest BCUT2D eigenvalue weighted by Crippen LogP contribution is 2.11. The zero-order valence-electron chi connectivity index (χ0n) is 8.98. The second-order valence-corrected chi connectivity index (χ2v) is 4.03. The molecule has 4 nitrogen and oxygen atoms in total. The molecule has 1 N–H and O–H groups in total. The van der Waals surface area contributed by atoms with Gasteiger partial charge in [-0.3, -0.25) is 14.4 Å². The molecule has 82 valence electrons. The smallest absolute Gasteiger partial charge is 0.308 e. The molecule has 0 aliphatic heterocycles. The summed E-state index contributed by atoms with van der Waals surface area (Å²) in [6, 6.07) is 0. The van der Waals surface area contributed by atoms with Gasteiger partial charge >= 0.3 is 5.97 Å². The third-order valence-corrected chi connectivity index (χ3v) is 1.47. The average Bonchev–Trinajstić information content (AvgIpc) is 2.09. The standard InChI is InChI=1S/C6H4O2.C5H10O2/c7-5-1-2-6(8)4-3-5;1-5(2,3)4(6)7/h1-4H;1-3H3,(H,6,7). The second kappa shape index (κ2) is 5.24. The Balaban J connectivity index is 0.000000265. The van der Waals surface area contributed by atoms with Crippen LogP contribution >= 0.6 is 0 Å². The molecule has 0 aromatic carbocycles. The van der Waals surface area contributed by atoms with E-state index in [-0.39, 0.29) is 11.6 Å². The number of carboxylic acid groups (broad SMARTS) is 1. The Morgan fingerprint density at radius 2 is 1.20 bits per heavy atom. The zero-order valence-corrected chi connectivity index (χ0v) is 8.98. The van der Waals surface area contributed by atoms with Crippen LogP contribution in [-0.2, 0) is 14.4 Å². The van der Waals surface area contributed by atoms with Gasteiger partial charge in [0.15, 0.2) is 11.6 Å². The molecule has 0 unspecified atom stereocenters. The molecule has 4 heteroatoms. The SMILES string of the molecule is CC(C)(C)C(=O)O.O=C1C=CC(=O)C=C1. The van der Waals surface area contributed by atoms with Gasteiger partial charge in [-0.15, -0.1) is 0 Å². The maximum absolute atomic E-state index is 10.3. The van der Waals surface area contributed by atoms with E-state index in [1.807, 2.05) is 0 Å². The average molecular weight is 210 g/mol. The van der Waals surface area contributed by atoms with Crippen molar-refractivity contribution in [1.82, 2.24) is 0 Å². The van der Waals surface area contributed by atoms with Crippen molar-refractivity contribution in [1.29, 1.82) is 0 Å². The quantitative estimate of drug-likeness (QED) is 0.613. The van der Waals surface area contributed by atoms with Crippen molar-refractivity contribution in [3.05, 3.63) is 24.3 Å². The van der Waals surface area contributed by atoms with Gasteiger partial charge in [-0.25, -0.2) is 0 Å². The number of carboxylic acids is 1. The lowest BCUT2D eigenvalue weighted by Crippen LogP contribution is -2.18. The maximum atomic E-state index is 10.3. The minimum absolute atomic E-state index is 0.121. The highest BCUT2D eigenvalue weighted by Gasteiger charge is 2.18. The summed E-state index contributed by atoms with van der Waals surface area (Å²) in [7, 11) is 0. The summed E-state index contributed by atoms with van der Waals surface area (Å²) >= 11 is 0. The Kier molecular flexibility index (Phi) is 4.64. The largest absolute Gasteiger partial charge is 0.481 e. The molecular weight excluding hydrogens is 196 g/mol. The van der Waals surface area contributed by atoms with E-state index in [0.29, 0.717) is 0 Å². The van der Waals surface area contributed by atoms with Crippen LogP contribution in [-0.4, -0.2) is 22.6 Å². The lowest BCUT2D eigenvalue weighted by molar-refractivity contribution is -0.145. The van der Waals surface area contributed by atoms with Crippen LogP contribution in [0.4, 0.5) is 0 Å². The van der Waals surface area contributed by atoms with Crippen LogP contribution in [0.25, 0.3) is 0 Å². The zero-order chi connectivity index (χ0) is 12.1. The van der Waals surface area contributed by atoms with Crippen molar-refractivity contribution in [2.45, 2.75) is 20.8 Å². The normalized spacial score (nSPS) is 14.6. The first kappa shape index (κ1) is 13.3. The molecule has 1 aliphatic carbocycles. The number of aliphatic carboxylic acids is 1. The Morgan fingerprint density at radius 1 is 1.00 bits per heavy atom. The van der Waals surface area contributed by atoms with E-state index in [2.05, 4.69) is 0 Å². The summed E-state index contributed by atoms with van der Waals surface area (Å²) in [6.07, 6.45) is 5.01. The molecule has 0 spiro atoms. The molecule has 0 saturated carbocycles. The number of carbonyl (C=O) groups is 3. The molecule has 0 aromatic heterocycles. The van der Waals surface area contributed by atoms with E-state index in [1.54, 1.807) is 20.8 Å². The number of allylic oxidation sites excluding steroid dienone is 4. The van der Waals surface area contributed by atoms with Gasteiger partial charge in [-0.1, -0.05) is 0 Å². The fourth-order valence-corrected chi connectivity index (χ4v) is 0.440. The summed E-state index contributed by atoms with van der Waals surface area (Å²) in [5.41, 5.74) is -0.583. The lowest BCUT2D eigenvalue weighted by atomic mass is 9.98. The van der Waals surface area contributed by atoms with Crippen molar-refractivity contribution in [2.24, 2.45) is 5.41 Å². The van der Waals surface area contributed by atoms with Gasteiger partial charge in [0, 0.05) is 0 Å². The number of rotatable bonds is 0. The highest BCUT2D eigenvalue weighted by atomic mass is 16.4. The van der Waals surface area contributed by atoms with E-state index in [4.69, 9.17) is 5.11 Å². The monoisotopic (exact) mass is 210 g/mol. The van der Waals surface area contributed by atoms with Crippen LogP contribution in [0.2, 0.25) is 0 Å². The molecule has 1 rings (SSSR count). The minimum Gasteiger partial charge on any atom is -0.481 e. The first-order chi connectivity index (χ1) is 6.73. The molecule has 0 aromatic rings. The topological polar surface area (TPSA) is 71.4 Å². The van der Waals surface area contributed by atoms with Crippen molar-refractivity contribution >= 4 is 17.5 Å². The van der Waals surface area contributed by atoms with Gasteiger partial charge in [0.1, 0.15) is 0 Å². The third kappa shape index (κ3) is 6.37. The number of hydrogen-bond acceptors (Lipinski definition) is 3. The van der Waals surface area contributed by atoms with Gasteiger partial charge < -0.3 is 5.11 Å². The molecule has 0 atom stereocenters. The molecule has 0 saturated heterocycles. The Hall–Kier alpha value is -1.71. The van der Waals surface area contributed by atoms with Gasteiger partial charge in [0.25, 0.3) is 0 Å². The Bertz CT molecular complexity index is 291. The van der Waals surface area contributed by atoms with Crippen LogP contribution < -0.4 is 0 Å². The van der Waals surface area contributed by atoms with Gasteiger partial charge in [-0.2, -0.15) is 0 Å². The molecule has 0 radical (unpaired) electrons. The van der Waals surface area contributed by atoms with E-state index in [0.717, 1.165) is 0 Å². The van der Waals surface area contributed by atoms with Crippen molar-refractivity contribution in [2.75, 3.05) is 0 Å². The van der Waals surface area contributed by atoms with E-state index < -0.39 is 11.4 Å². The van der Waals surface area contributed by atoms with E-state index >= 15 is 0 Å². The van der Waals surface area contributed by atoms with Crippen LogP contribution in [0.5, 0.6) is 0 Å². The number of hydrogen-bond donors (Lipinski definition) is 1. The molecule has 15 heavy (non-hydrogen) atoms. The molecule has 1 aliphatic rings. The fraction of sp³-hybridized carbons (Fsp3) is 0.364. The second-order valence-electron chi connectivity index (χ2n) is 4.03. The van der Waals surface area contributed by atoms with Gasteiger partial charge in [0.05, 0.1) is 5.41 Å². The predicted octanol–water partition coefficient (Wildman–Crippen LogP) is 1.37. The van der Waals surface area contributed by atoms with Gasteiger partial charge in [-0.05, 0) is 45.1 Å². The molecule has 0 heterocycles. The number of carbonyl (C=O) groups excluding carboxylic acids is 2. The lowest BCUT2D eigenvalue weighted by Gasteiger charge is -2.08. The molecule has 0 amide bonds. The van der Waals surface area contributed by atoms with Crippen molar-refractivity contribution in [3.63, 3.8) is 0 Å². The summed E-state index contributed by atoms with van der Waals surface area (Å²) in [5.74, 6) is -0.998. The fourth-order valence-electron chi connectivity index (χ4n) is 0.440. The summed E-state index contributed by atoms with van der Waals surface area (Å²) in [6.45, 7) is 4.99. The molecule has 0 fully saturated rings. The van der Waals surface area contributed by atoms with E-state index in [1.165, 1.54) is 24.3 Å². The predicted molar refractivity (Wildman–Crippen MR) is 55.4 cm³/mol. The summed E-state index contributed by atoms with van der Waals surface area (Å²) < 4.78 is 0. The van der Waals surface area contributed by atoms with E-state index in [9.17, 15) is 14.4 Å². The minimum atomic E-state index is -0.757. The summed E-state index contributed by atoms with van der Waals surface area (Å²) in [4.78, 5) is 30.6. The first-order valence-corrected chi connectivity index (χ1v) is 4.41. The van der Waals surface area contributed by atoms with Crippen molar-refractivity contribution in [3.8, 4) is 0 Å². The highest BCUT2D eigenvalue weighted by molar-refractivity contribution is 6.14. The van der Waals surface area contributed by atoms with Crippen LogP contribution in [0.3, 0.4) is 0 Å². The summed E-state index contributed by atoms with van der Waals surface area (Å²) in [5, 5.41) is 8.25. The Labute approximate surface area is 88.3 Å². The molecule has 0 bridgehead atoms. The van der Waals surface area contributed by atoms with Crippen molar-refractivity contribution < 1.29 is 19.5 Å². The first-order valence-electron chi connectivity index (χ1n) is 4.41. The van der Waals surface area contributed by atoms with Crippen LogP contribution in [0, 0.1) is 5.41 Å². The third-order valence-electron chi connectivity index (χ3n) is 1.47. The number of ketones is 2. The van der Waals surface area contributed by atoms with Crippen LogP contribution in [0.15, 0.2) is 24.3 Å².